The minimum atomic E-state index is 0.358. The normalized spacial score (nSPS) is 11.1. The van der Waals surface area contributed by atoms with Crippen molar-refractivity contribution in [1.29, 1.82) is 0 Å². The van der Waals surface area contributed by atoms with Crippen LogP contribution in [0.2, 0.25) is 5.02 Å². The van der Waals surface area contributed by atoms with E-state index >= 15 is 0 Å². The number of halogens is 1. The Hall–Kier alpha value is -0.930. The summed E-state index contributed by atoms with van der Waals surface area (Å²) in [6.07, 6.45) is 4.13. The fraction of sp³-hybridized carbons (Fsp3) is 0.308. The largest absolute Gasteiger partial charge is 0.268 e. The zero-order valence-electron chi connectivity index (χ0n) is 10.1. The lowest BCUT2D eigenvalue weighted by atomic mass is 10.1. The van der Waals surface area contributed by atoms with Gasteiger partial charge in [-0.15, -0.1) is 11.8 Å². The van der Waals surface area contributed by atoms with Gasteiger partial charge in [0.1, 0.15) is 5.69 Å². The highest BCUT2D eigenvalue weighted by atomic mass is 35.5. The van der Waals surface area contributed by atoms with Crippen molar-refractivity contribution in [2.24, 2.45) is 0 Å². The lowest BCUT2D eigenvalue weighted by molar-refractivity contribution is 0.533. The third kappa shape index (κ3) is 2.50. The molecule has 0 bridgehead atoms. The molecule has 0 saturated heterocycles. The molecule has 0 saturated carbocycles. The lowest BCUT2D eigenvalue weighted by Gasteiger charge is -2.04. The Bertz CT molecular complexity index is 520. The summed E-state index contributed by atoms with van der Waals surface area (Å²) in [6.45, 7) is 4.24. The van der Waals surface area contributed by atoms with Crippen LogP contribution in [0.3, 0.4) is 0 Å². The van der Waals surface area contributed by atoms with Gasteiger partial charge in [-0.25, -0.2) is 0 Å². The predicted octanol–water partition coefficient (Wildman–Crippen LogP) is 4.51. The molecule has 1 heterocycles. The second-order valence-corrected chi connectivity index (χ2v) is 5.35. The number of aromatic nitrogens is 2. The third-order valence-corrected chi connectivity index (χ3v) is 3.64. The number of nitrogens with zero attached hydrogens (tertiary/aromatic N) is 2. The van der Waals surface area contributed by atoms with Gasteiger partial charge in [0.25, 0.3) is 0 Å². The van der Waals surface area contributed by atoms with Gasteiger partial charge in [-0.2, -0.15) is 5.10 Å². The first-order chi connectivity index (χ1) is 8.13. The lowest BCUT2D eigenvalue weighted by Crippen LogP contribution is -2.00. The molecule has 0 unspecified atom stereocenters. The van der Waals surface area contributed by atoms with E-state index in [4.69, 9.17) is 11.6 Å². The summed E-state index contributed by atoms with van der Waals surface area (Å²) in [4.78, 5) is 1.16. The van der Waals surface area contributed by atoms with E-state index in [0.29, 0.717) is 6.04 Å². The molecule has 0 aliphatic carbocycles. The summed E-state index contributed by atoms with van der Waals surface area (Å²) < 4.78 is 1.98. The molecule has 2 aromatic rings. The molecule has 4 heteroatoms. The monoisotopic (exact) mass is 266 g/mol. The second kappa shape index (κ2) is 5.15. The zero-order valence-corrected chi connectivity index (χ0v) is 11.7. The van der Waals surface area contributed by atoms with Gasteiger partial charge in [0, 0.05) is 17.8 Å². The molecule has 0 radical (unpaired) electrons. The summed E-state index contributed by atoms with van der Waals surface area (Å²) in [5, 5.41) is 5.37. The fourth-order valence-electron chi connectivity index (χ4n) is 1.63. The molecule has 0 spiro atoms. The molecule has 17 heavy (non-hydrogen) atoms. The molecule has 0 fully saturated rings. The van der Waals surface area contributed by atoms with Crippen molar-refractivity contribution in [2.45, 2.75) is 24.8 Å². The van der Waals surface area contributed by atoms with Crippen molar-refractivity contribution >= 4 is 23.4 Å². The fourth-order valence-corrected chi connectivity index (χ4v) is 2.41. The number of hydrogen-bond donors (Lipinski definition) is 0. The van der Waals surface area contributed by atoms with E-state index in [0.717, 1.165) is 21.2 Å². The van der Waals surface area contributed by atoms with E-state index in [1.807, 2.05) is 28.9 Å². The zero-order chi connectivity index (χ0) is 12.4. The van der Waals surface area contributed by atoms with E-state index in [1.165, 1.54) is 0 Å². The van der Waals surface area contributed by atoms with Gasteiger partial charge in [-0.1, -0.05) is 29.8 Å². The average Bonchev–Trinajstić information content (AvgIpc) is 2.73. The summed E-state index contributed by atoms with van der Waals surface area (Å²) in [5.74, 6) is 0. The van der Waals surface area contributed by atoms with Crippen molar-refractivity contribution in [3.63, 3.8) is 0 Å². The Morgan fingerprint density at radius 2 is 2.00 bits per heavy atom. The van der Waals surface area contributed by atoms with E-state index < -0.39 is 0 Å². The highest BCUT2D eigenvalue weighted by molar-refractivity contribution is 7.98. The maximum atomic E-state index is 6.22. The molecule has 0 amide bonds. The van der Waals surface area contributed by atoms with E-state index in [9.17, 15) is 0 Å². The molecule has 0 atom stereocenters. The van der Waals surface area contributed by atoms with Crippen LogP contribution in [-0.4, -0.2) is 16.0 Å². The van der Waals surface area contributed by atoms with Crippen LogP contribution in [0, 0.1) is 0 Å². The maximum Gasteiger partial charge on any atom is 0.107 e. The Balaban J connectivity index is 2.55. The molecule has 90 valence electrons. The van der Waals surface area contributed by atoms with Gasteiger partial charge in [0.2, 0.25) is 0 Å². The van der Waals surface area contributed by atoms with Gasteiger partial charge in [0.05, 0.1) is 9.92 Å². The van der Waals surface area contributed by atoms with Crippen molar-refractivity contribution in [2.75, 3.05) is 6.26 Å². The van der Waals surface area contributed by atoms with Crippen molar-refractivity contribution in [3.8, 4) is 11.3 Å². The summed E-state index contributed by atoms with van der Waals surface area (Å²) in [6, 6.07) is 8.19. The molecule has 0 aliphatic rings. The molecule has 0 aliphatic heterocycles. The first-order valence-corrected chi connectivity index (χ1v) is 7.11. The van der Waals surface area contributed by atoms with Gasteiger partial charge >= 0.3 is 0 Å². The Morgan fingerprint density at radius 3 is 2.59 bits per heavy atom. The van der Waals surface area contributed by atoms with Crippen LogP contribution < -0.4 is 0 Å². The first kappa shape index (κ1) is 12.5. The SMILES string of the molecule is CSc1cn(C(C)C)nc1-c1ccccc1Cl. The summed E-state index contributed by atoms with van der Waals surface area (Å²) in [5.41, 5.74) is 1.97. The minimum Gasteiger partial charge on any atom is -0.268 e. The van der Waals surface area contributed by atoms with Crippen LogP contribution in [0.4, 0.5) is 0 Å². The number of hydrogen-bond acceptors (Lipinski definition) is 2. The van der Waals surface area contributed by atoms with E-state index in [1.54, 1.807) is 11.8 Å². The molecular formula is C13H15ClN2S. The minimum absolute atomic E-state index is 0.358. The van der Waals surface area contributed by atoms with E-state index in [-0.39, 0.29) is 0 Å². The van der Waals surface area contributed by atoms with Crippen LogP contribution in [0.5, 0.6) is 0 Å². The standard InChI is InChI=1S/C13H15ClN2S/c1-9(2)16-8-12(17-3)13(15-16)10-6-4-5-7-11(10)14/h4-9H,1-3H3. The van der Waals surface area contributed by atoms with Crippen LogP contribution in [0.1, 0.15) is 19.9 Å². The quantitative estimate of drug-likeness (QED) is 0.761. The van der Waals surface area contributed by atoms with Crippen LogP contribution in [0.15, 0.2) is 35.4 Å². The van der Waals surface area contributed by atoms with Crippen molar-refractivity contribution in [3.05, 3.63) is 35.5 Å². The molecule has 2 nitrogen and oxygen atoms in total. The van der Waals surface area contributed by atoms with Crippen molar-refractivity contribution < 1.29 is 0 Å². The van der Waals surface area contributed by atoms with E-state index in [2.05, 4.69) is 31.4 Å². The smallest absolute Gasteiger partial charge is 0.107 e. The number of benzene rings is 1. The second-order valence-electron chi connectivity index (χ2n) is 4.10. The van der Waals surface area contributed by atoms with Crippen LogP contribution in [-0.2, 0) is 0 Å². The molecule has 2 rings (SSSR count). The topological polar surface area (TPSA) is 17.8 Å². The third-order valence-electron chi connectivity index (χ3n) is 2.58. The molecular weight excluding hydrogens is 252 g/mol. The Morgan fingerprint density at radius 1 is 1.29 bits per heavy atom. The van der Waals surface area contributed by atoms with Crippen LogP contribution in [0.25, 0.3) is 11.3 Å². The first-order valence-electron chi connectivity index (χ1n) is 5.51. The Kier molecular flexibility index (Phi) is 3.79. The summed E-state index contributed by atoms with van der Waals surface area (Å²) in [7, 11) is 0. The van der Waals surface area contributed by atoms with Crippen molar-refractivity contribution in [1.82, 2.24) is 9.78 Å². The highest BCUT2D eigenvalue weighted by Crippen LogP contribution is 2.33. The number of thioether (sulfide) groups is 1. The number of rotatable bonds is 3. The van der Waals surface area contributed by atoms with Gasteiger partial charge in [-0.05, 0) is 26.2 Å². The van der Waals surface area contributed by atoms with Gasteiger partial charge < -0.3 is 0 Å². The maximum absolute atomic E-state index is 6.22. The molecule has 1 aromatic heterocycles. The summed E-state index contributed by atoms with van der Waals surface area (Å²) >= 11 is 7.91. The Labute approximate surface area is 111 Å². The molecule has 1 aromatic carbocycles. The highest BCUT2D eigenvalue weighted by Gasteiger charge is 2.14. The van der Waals surface area contributed by atoms with Crippen LogP contribution >= 0.6 is 23.4 Å². The molecule has 0 N–H and O–H groups in total. The van der Waals surface area contributed by atoms with Gasteiger partial charge in [-0.3, -0.25) is 4.68 Å². The average molecular weight is 267 g/mol. The van der Waals surface area contributed by atoms with Gasteiger partial charge in [0.15, 0.2) is 0 Å². The predicted molar refractivity (Wildman–Crippen MR) is 74.8 cm³/mol.